The number of hydrogen-bond donors (Lipinski definition) is 3. The average Bonchev–Trinajstić information content (AvgIpc) is 3.34. The van der Waals surface area contributed by atoms with E-state index in [9.17, 15) is 23.1 Å². The SMILES string of the molecule is O=C(NCC1CCC(c2ccnc3ccc(F)cc23)CC1)c1c[nH]cc1-c1cc(F)c(F)cc1O. The number of nitrogens with one attached hydrogen (secondary N) is 2. The predicted molar refractivity (Wildman–Crippen MR) is 127 cm³/mol. The van der Waals surface area contributed by atoms with E-state index in [4.69, 9.17) is 0 Å². The van der Waals surface area contributed by atoms with Crippen LogP contribution < -0.4 is 5.32 Å². The van der Waals surface area contributed by atoms with E-state index >= 15 is 0 Å². The normalized spacial score (nSPS) is 18.0. The Hall–Kier alpha value is -3.81. The number of rotatable bonds is 5. The topological polar surface area (TPSA) is 78.0 Å². The number of nitrogens with zero attached hydrogens (tertiary/aromatic N) is 1. The van der Waals surface area contributed by atoms with Crippen molar-refractivity contribution in [2.75, 3.05) is 6.54 Å². The fraction of sp³-hybridized carbons (Fsp3) is 0.259. The first kappa shape index (κ1) is 23.0. The molecule has 2 heterocycles. The van der Waals surface area contributed by atoms with Crippen molar-refractivity contribution in [3.8, 4) is 16.9 Å². The maximum Gasteiger partial charge on any atom is 0.253 e. The molecule has 4 aromatic rings. The number of carbonyl (C=O) groups is 1. The van der Waals surface area contributed by atoms with E-state index in [-0.39, 0.29) is 22.9 Å². The summed E-state index contributed by atoms with van der Waals surface area (Å²) in [5.41, 5.74) is 2.47. The molecular formula is C27H24F3N3O2. The lowest BCUT2D eigenvalue weighted by atomic mass is 9.78. The highest BCUT2D eigenvalue weighted by Crippen LogP contribution is 2.38. The number of aromatic amines is 1. The molecule has 0 radical (unpaired) electrons. The van der Waals surface area contributed by atoms with Crippen LogP contribution in [0.1, 0.15) is 47.5 Å². The number of phenolic OH excluding ortho intramolecular Hbond substituents is 1. The monoisotopic (exact) mass is 479 g/mol. The molecule has 0 bridgehead atoms. The van der Waals surface area contributed by atoms with Gasteiger partial charge in [-0.2, -0.15) is 0 Å². The summed E-state index contributed by atoms with van der Waals surface area (Å²) in [6.07, 6.45) is 8.37. The molecule has 3 N–H and O–H groups in total. The van der Waals surface area contributed by atoms with Crippen molar-refractivity contribution >= 4 is 16.8 Å². The quantitative estimate of drug-likeness (QED) is 0.326. The second kappa shape index (κ2) is 9.44. The summed E-state index contributed by atoms with van der Waals surface area (Å²) in [6, 6.07) is 8.20. The Morgan fingerprint density at radius 2 is 1.77 bits per heavy atom. The smallest absolute Gasteiger partial charge is 0.253 e. The number of aromatic nitrogens is 2. The second-order valence-corrected chi connectivity index (χ2v) is 9.06. The molecule has 1 amide bonds. The number of halogens is 3. The molecule has 180 valence electrons. The first-order chi connectivity index (χ1) is 16.9. The molecule has 1 fully saturated rings. The van der Waals surface area contributed by atoms with Gasteiger partial charge in [0.15, 0.2) is 11.6 Å². The summed E-state index contributed by atoms with van der Waals surface area (Å²) >= 11 is 0. The molecule has 8 heteroatoms. The third-order valence-corrected chi connectivity index (χ3v) is 6.89. The summed E-state index contributed by atoms with van der Waals surface area (Å²) in [6.45, 7) is 0.478. The van der Waals surface area contributed by atoms with Gasteiger partial charge in [0, 0.05) is 47.7 Å². The number of benzene rings is 2. The Bertz CT molecular complexity index is 1390. The molecule has 2 aromatic heterocycles. The van der Waals surface area contributed by atoms with Crippen molar-refractivity contribution in [2.24, 2.45) is 5.92 Å². The fourth-order valence-corrected chi connectivity index (χ4v) is 5.03. The Balaban J connectivity index is 1.22. The molecule has 0 atom stereocenters. The fourth-order valence-electron chi connectivity index (χ4n) is 5.03. The lowest BCUT2D eigenvalue weighted by Gasteiger charge is -2.29. The summed E-state index contributed by atoms with van der Waals surface area (Å²) < 4.78 is 40.9. The van der Waals surface area contributed by atoms with Crippen LogP contribution in [0.15, 0.2) is 55.0 Å². The molecule has 35 heavy (non-hydrogen) atoms. The Labute approximate surface area is 200 Å². The predicted octanol–water partition coefficient (Wildman–Crippen LogP) is 6.06. The highest BCUT2D eigenvalue weighted by atomic mass is 19.2. The van der Waals surface area contributed by atoms with Crippen molar-refractivity contribution < 1.29 is 23.1 Å². The van der Waals surface area contributed by atoms with Gasteiger partial charge in [0.2, 0.25) is 0 Å². The van der Waals surface area contributed by atoms with Crippen LogP contribution in [-0.4, -0.2) is 27.5 Å². The summed E-state index contributed by atoms with van der Waals surface area (Å²) in [7, 11) is 0. The van der Waals surface area contributed by atoms with Crippen molar-refractivity contribution in [1.82, 2.24) is 15.3 Å². The molecule has 1 saturated carbocycles. The molecule has 0 unspecified atom stereocenters. The molecule has 0 saturated heterocycles. The van der Waals surface area contributed by atoms with Crippen molar-refractivity contribution in [3.05, 3.63) is 83.6 Å². The van der Waals surface area contributed by atoms with E-state index in [1.54, 1.807) is 18.3 Å². The van der Waals surface area contributed by atoms with Gasteiger partial charge >= 0.3 is 0 Å². The van der Waals surface area contributed by atoms with Gasteiger partial charge in [-0.3, -0.25) is 9.78 Å². The minimum Gasteiger partial charge on any atom is -0.507 e. The Morgan fingerprint density at radius 1 is 1.00 bits per heavy atom. The number of fused-ring (bicyclic) bond motifs is 1. The van der Waals surface area contributed by atoms with Crippen LogP contribution in [0.2, 0.25) is 0 Å². The van der Waals surface area contributed by atoms with E-state index in [2.05, 4.69) is 15.3 Å². The van der Waals surface area contributed by atoms with Crippen LogP contribution in [0, 0.1) is 23.4 Å². The zero-order valence-corrected chi connectivity index (χ0v) is 18.8. The zero-order chi connectivity index (χ0) is 24.5. The van der Waals surface area contributed by atoms with Gasteiger partial charge in [-0.15, -0.1) is 0 Å². The third kappa shape index (κ3) is 4.60. The van der Waals surface area contributed by atoms with Crippen LogP contribution in [0.5, 0.6) is 5.75 Å². The number of pyridine rings is 1. The van der Waals surface area contributed by atoms with Gasteiger partial charge in [-0.25, -0.2) is 13.2 Å². The number of carbonyl (C=O) groups excluding carboxylic acids is 1. The average molecular weight is 480 g/mol. The van der Waals surface area contributed by atoms with Gasteiger partial charge in [0.25, 0.3) is 5.91 Å². The van der Waals surface area contributed by atoms with Crippen LogP contribution in [0.4, 0.5) is 13.2 Å². The summed E-state index contributed by atoms with van der Waals surface area (Å²) in [5.74, 6) is -2.74. The van der Waals surface area contributed by atoms with Gasteiger partial charge in [-0.05, 0) is 73.4 Å². The van der Waals surface area contributed by atoms with E-state index < -0.39 is 17.4 Å². The van der Waals surface area contributed by atoms with Crippen molar-refractivity contribution in [3.63, 3.8) is 0 Å². The number of phenols is 1. The minimum absolute atomic E-state index is 0.0387. The van der Waals surface area contributed by atoms with Crippen molar-refractivity contribution in [2.45, 2.75) is 31.6 Å². The molecule has 5 nitrogen and oxygen atoms in total. The van der Waals surface area contributed by atoms with Crippen LogP contribution in [0.3, 0.4) is 0 Å². The molecule has 1 aliphatic carbocycles. The highest BCUT2D eigenvalue weighted by Gasteiger charge is 2.25. The van der Waals surface area contributed by atoms with E-state index in [0.717, 1.165) is 48.2 Å². The van der Waals surface area contributed by atoms with E-state index in [1.165, 1.54) is 18.5 Å². The van der Waals surface area contributed by atoms with Gasteiger partial charge in [0.05, 0.1) is 11.1 Å². The Morgan fingerprint density at radius 3 is 2.57 bits per heavy atom. The molecule has 1 aliphatic rings. The minimum atomic E-state index is -1.16. The molecule has 2 aromatic carbocycles. The molecule has 5 rings (SSSR count). The van der Waals surface area contributed by atoms with Crippen LogP contribution in [-0.2, 0) is 0 Å². The second-order valence-electron chi connectivity index (χ2n) is 9.06. The maximum absolute atomic E-state index is 13.8. The van der Waals surface area contributed by atoms with Gasteiger partial charge < -0.3 is 15.4 Å². The van der Waals surface area contributed by atoms with Crippen molar-refractivity contribution in [1.29, 1.82) is 0 Å². The van der Waals surface area contributed by atoms with Gasteiger partial charge in [-0.1, -0.05) is 0 Å². The van der Waals surface area contributed by atoms with E-state index in [0.29, 0.717) is 30.0 Å². The number of H-pyrrole nitrogens is 1. The summed E-state index contributed by atoms with van der Waals surface area (Å²) in [4.78, 5) is 20.0. The molecule has 0 spiro atoms. The lowest BCUT2D eigenvalue weighted by molar-refractivity contribution is 0.0943. The highest BCUT2D eigenvalue weighted by molar-refractivity contribution is 6.01. The summed E-state index contributed by atoms with van der Waals surface area (Å²) in [5, 5.41) is 13.8. The number of amides is 1. The maximum atomic E-state index is 13.8. The first-order valence-corrected chi connectivity index (χ1v) is 11.6. The van der Waals surface area contributed by atoms with Crippen LogP contribution in [0.25, 0.3) is 22.0 Å². The van der Waals surface area contributed by atoms with Gasteiger partial charge in [0.1, 0.15) is 11.6 Å². The zero-order valence-electron chi connectivity index (χ0n) is 18.8. The van der Waals surface area contributed by atoms with Crippen LogP contribution >= 0.6 is 0 Å². The first-order valence-electron chi connectivity index (χ1n) is 11.6. The Kier molecular flexibility index (Phi) is 6.19. The lowest BCUT2D eigenvalue weighted by Crippen LogP contribution is -2.31. The molecular weight excluding hydrogens is 455 g/mol. The standard InChI is InChI=1S/C27H24F3N3O2/c28-17-5-6-25-19(9-17)18(7-8-32-25)16-3-1-15(2-4-16)12-33-27(35)22-14-31-13-21(22)20-10-23(29)24(30)11-26(20)34/h5-11,13-16,31,34H,1-4,12H2,(H,33,35). The largest absolute Gasteiger partial charge is 0.507 e. The number of aromatic hydroxyl groups is 1. The number of hydrogen-bond acceptors (Lipinski definition) is 3. The molecule has 0 aliphatic heterocycles. The van der Waals surface area contributed by atoms with E-state index in [1.807, 2.05) is 6.07 Å². The third-order valence-electron chi connectivity index (χ3n) is 6.89.